The first-order chi connectivity index (χ1) is 9.58. The third-order valence-electron chi connectivity index (χ3n) is 2.34. The van der Waals surface area contributed by atoms with Crippen molar-refractivity contribution in [3.63, 3.8) is 0 Å². The van der Waals surface area contributed by atoms with Crippen LogP contribution in [0.15, 0.2) is 60.7 Å². The average Bonchev–Trinajstić information content (AvgIpc) is 2.40. The van der Waals surface area contributed by atoms with Crippen molar-refractivity contribution in [1.29, 1.82) is 0 Å². The highest BCUT2D eigenvalue weighted by Gasteiger charge is 2.12. The lowest BCUT2D eigenvalue weighted by atomic mass is 10.1. The van der Waals surface area contributed by atoms with Gasteiger partial charge in [0.2, 0.25) is 8.58 Å². The molecule has 21 heavy (non-hydrogen) atoms. The predicted octanol–water partition coefficient (Wildman–Crippen LogP) is 1.03. The van der Waals surface area contributed by atoms with Gasteiger partial charge in [-0.3, -0.25) is 0 Å². The number of carboxylic acid groups (broad SMARTS) is 2. The zero-order valence-electron chi connectivity index (χ0n) is 11.1. The van der Waals surface area contributed by atoms with Crippen molar-refractivity contribution in [2.24, 2.45) is 0 Å². The summed E-state index contributed by atoms with van der Waals surface area (Å²) >= 11 is 0. The van der Waals surface area contributed by atoms with Gasteiger partial charge in [-0.1, -0.05) is 60.7 Å². The molecular weight excluding hydrogens is 311 g/mol. The Morgan fingerprint density at radius 1 is 0.762 bits per heavy atom. The number of rotatable bonds is 4. The van der Waals surface area contributed by atoms with Crippen LogP contribution < -0.4 is 12.4 Å². The van der Waals surface area contributed by atoms with E-state index in [1.807, 2.05) is 0 Å². The summed E-state index contributed by atoms with van der Waals surface area (Å²) in [7, 11) is -1.45. The molecule has 4 nitrogen and oxygen atoms in total. The van der Waals surface area contributed by atoms with E-state index >= 15 is 0 Å². The normalized spacial score (nSPS) is 8.76. The lowest BCUT2D eigenvalue weighted by molar-refractivity contribution is -0.0000144. The van der Waals surface area contributed by atoms with E-state index in [9.17, 15) is 9.59 Å². The molecule has 0 radical (unpaired) electrons. The molecule has 2 rings (SSSR count). The maximum atomic E-state index is 9.47. The van der Waals surface area contributed by atoms with Crippen molar-refractivity contribution in [1.82, 2.24) is 0 Å². The molecule has 0 heterocycles. The fraction of sp³-hybridized carbons (Fsp3) is 0.0667. The fourth-order valence-electron chi connectivity index (χ4n) is 1.53. The van der Waals surface area contributed by atoms with Crippen LogP contribution in [0.4, 0.5) is 9.59 Å². The summed E-state index contributed by atoms with van der Waals surface area (Å²) in [5.41, 5.74) is 0.280. The molecule has 2 aromatic rings. The number of hydrogen-bond donors (Lipinski definition) is 2. The molecule has 2 N–H and O–H groups in total. The number of carbonyl (C=O) groups is 2. The highest BCUT2D eigenvalue weighted by molar-refractivity contribution is 7.72. The van der Waals surface area contributed by atoms with Crippen molar-refractivity contribution < 1.29 is 32.2 Å². The predicted molar refractivity (Wildman–Crippen MR) is 81.4 cm³/mol. The van der Waals surface area contributed by atoms with Crippen LogP contribution >= 0.6 is 8.58 Å². The van der Waals surface area contributed by atoms with E-state index in [0.29, 0.717) is 0 Å². The van der Waals surface area contributed by atoms with Crippen LogP contribution in [0.3, 0.4) is 0 Å². The Bertz CT molecular complexity index is 497. The van der Waals surface area contributed by atoms with E-state index in [1.54, 1.807) is 0 Å². The lowest BCUT2D eigenvalue weighted by Gasteiger charge is -2.00. The average molecular weight is 327 g/mol. The van der Waals surface area contributed by atoms with E-state index in [4.69, 9.17) is 10.2 Å². The van der Waals surface area contributed by atoms with Crippen LogP contribution in [-0.2, 0) is 6.42 Å². The molecule has 6 heteroatoms. The van der Waals surface area contributed by atoms with Crippen LogP contribution in [0.1, 0.15) is 11.1 Å². The highest BCUT2D eigenvalue weighted by atomic mass is 35.5. The fourth-order valence-corrected chi connectivity index (χ4v) is 1.74. The van der Waals surface area contributed by atoms with Crippen LogP contribution in [0, 0.1) is 0 Å². The van der Waals surface area contributed by atoms with Crippen LogP contribution in [0.5, 0.6) is 0 Å². The zero-order chi connectivity index (χ0) is 14.8. The Labute approximate surface area is 131 Å². The summed E-state index contributed by atoms with van der Waals surface area (Å²) in [5, 5.41) is 15.5. The third-order valence-corrected chi connectivity index (χ3v) is 2.83. The van der Waals surface area contributed by atoms with Gasteiger partial charge in [0.15, 0.2) is 0 Å². The van der Waals surface area contributed by atoms with Crippen molar-refractivity contribution >= 4 is 20.0 Å². The molecule has 0 bridgehead atoms. The van der Waals surface area contributed by atoms with Gasteiger partial charge in [0.25, 0.3) is 0 Å². The van der Waals surface area contributed by atoms with Gasteiger partial charge in [-0.2, -0.15) is 0 Å². The molecule has 112 valence electrons. The molecule has 2 aromatic carbocycles. The van der Waals surface area contributed by atoms with Crippen molar-refractivity contribution in [2.75, 3.05) is 0 Å². The van der Waals surface area contributed by atoms with E-state index in [0.717, 1.165) is 6.42 Å². The summed E-state index contributed by atoms with van der Waals surface area (Å²) in [5.74, 6) is 0. The van der Waals surface area contributed by atoms with Gasteiger partial charge in [-0.15, -0.1) is 0 Å². The summed E-state index contributed by atoms with van der Waals surface area (Å²) in [6.45, 7) is 0. The molecule has 0 amide bonds. The van der Waals surface area contributed by atoms with E-state index in [1.165, 1.54) is 11.1 Å². The summed E-state index contributed by atoms with van der Waals surface area (Å²) < 4.78 is 0. The van der Waals surface area contributed by atoms with Gasteiger partial charge < -0.3 is 22.6 Å². The molecule has 0 aliphatic rings. The maximum absolute atomic E-state index is 9.47. The summed E-state index contributed by atoms with van der Waals surface area (Å²) in [6, 6.07) is 21.1. The minimum atomic E-state index is -1.45. The first-order valence-electron chi connectivity index (χ1n) is 5.96. The van der Waals surface area contributed by atoms with Gasteiger partial charge in [0, 0.05) is 0 Å². The minimum Gasteiger partial charge on any atom is -1.00 e. The zero-order valence-corrected chi connectivity index (χ0v) is 13.1. The first kappa shape index (κ1) is 19.1. The van der Waals surface area contributed by atoms with Gasteiger partial charge in [-0.25, -0.2) is 9.59 Å². The number of benzene rings is 2. The molecule has 0 unspecified atom stereocenters. The van der Waals surface area contributed by atoms with E-state index < -0.39 is 20.0 Å². The Morgan fingerprint density at radius 3 is 1.33 bits per heavy atom. The Hall–Kier alpha value is -1.90. The van der Waals surface area contributed by atoms with Gasteiger partial charge >= 0.3 is 11.4 Å². The smallest absolute Gasteiger partial charge is 0.455 e. The van der Waals surface area contributed by atoms with Crippen LogP contribution in [0.2, 0.25) is 0 Å². The van der Waals surface area contributed by atoms with Gasteiger partial charge in [-0.05, 0) is 17.5 Å². The van der Waals surface area contributed by atoms with Crippen molar-refractivity contribution in [3.05, 3.63) is 71.8 Å². The van der Waals surface area contributed by atoms with Crippen LogP contribution in [-0.4, -0.2) is 21.6 Å². The molecule has 0 aliphatic carbocycles. The van der Waals surface area contributed by atoms with Gasteiger partial charge in [0.05, 0.1) is 0 Å². The molecule has 0 saturated heterocycles. The largest absolute Gasteiger partial charge is 1.00 e. The van der Waals surface area contributed by atoms with Gasteiger partial charge in [0.1, 0.15) is 0 Å². The second-order valence-corrected chi connectivity index (χ2v) is 5.25. The quantitative estimate of drug-likeness (QED) is 0.823. The second-order valence-electron chi connectivity index (χ2n) is 3.97. The summed E-state index contributed by atoms with van der Waals surface area (Å²) in [4.78, 5) is 18.9. The minimum absolute atomic E-state index is 0. The summed E-state index contributed by atoms with van der Waals surface area (Å²) in [6.07, 6.45) is 1.03. The molecule has 0 aliphatic heterocycles. The molecule has 0 aromatic heterocycles. The molecular formula is C15H16ClO4P. The molecule has 0 atom stereocenters. The second kappa shape index (κ2) is 10.8. The Morgan fingerprint density at radius 2 is 1.10 bits per heavy atom. The third kappa shape index (κ3) is 9.61. The monoisotopic (exact) mass is 326 g/mol. The van der Waals surface area contributed by atoms with Crippen molar-refractivity contribution in [2.45, 2.75) is 6.42 Å². The maximum Gasteiger partial charge on any atom is 0.455 e. The number of halogens is 1. The standard InChI is InChI=1S/C13H12.C2H3O4P.ClH/c1-3-7-12(8-4-1)11-13-9-5-2-6-10-13;3-1(4)7-2(5)6;/h1-10H,11H2;7H,(H,3,4)(H,5,6);1H. The SMILES string of the molecule is O=C(O)[PH2+]C(=O)O.[Cl-].c1ccc(Cc2ccccc2)cc1. The first-order valence-corrected chi connectivity index (χ1v) is 7.12. The van der Waals surface area contributed by atoms with E-state index in [-0.39, 0.29) is 12.4 Å². The Balaban J connectivity index is 0.000000436. The molecule has 0 spiro atoms. The topological polar surface area (TPSA) is 74.6 Å². The van der Waals surface area contributed by atoms with Crippen LogP contribution in [0.25, 0.3) is 0 Å². The molecule has 0 fully saturated rings. The highest BCUT2D eigenvalue weighted by Crippen LogP contribution is 2.09. The number of hydrogen-bond acceptors (Lipinski definition) is 2. The molecule has 0 saturated carbocycles. The van der Waals surface area contributed by atoms with Crippen molar-refractivity contribution in [3.8, 4) is 0 Å². The Kier molecular flexibility index (Phi) is 9.86. The lowest BCUT2D eigenvalue weighted by Crippen LogP contribution is -3.00. The van der Waals surface area contributed by atoms with E-state index in [2.05, 4.69) is 60.7 Å².